The van der Waals surface area contributed by atoms with Gasteiger partial charge in [-0.3, -0.25) is 5.73 Å². The predicted molar refractivity (Wildman–Crippen MR) is 119 cm³/mol. The Labute approximate surface area is 166 Å². The number of quaternary nitrogens is 1. The molecule has 0 aliphatic rings. The maximum atomic E-state index is 6.15. The highest BCUT2D eigenvalue weighted by Crippen LogP contribution is 2.27. The van der Waals surface area contributed by atoms with Gasteiger partial charge in [0.25, 0.3) is 0 Å². The zero-order valence-electron chi connectivity index (χ0n) is 19.3. The van der Waals surface area contributed by atoms with Gasteiger partial charge >= 0.3 is 0 Å². The summed E-state index contributed by atoms with van der Waals surface area (Å²) in [5.41, 5.74) is 6.46. The third-order valence-electron chi connectivity index (χ3n) is 6.73. The highest BCUT2D eigenvalue weighted by atomic mass is 15.4. The van der Waals surface area contributed by atoms with Gasteiger partial charge in [0.2, 0.25) is 0 Å². The summed E-state index contributed by atoms with van der Waals surface area (Å²) in [7, 11) is 2.36. The largest absolute Gasteiger partial charge is 0.310 e. The van der Waals surface area contributed by atoms with E-state index >= 15 is 0 Å². The molecule has 0 aromatic carbocycles. The summed E-state index contributed by atoms with van der Waals surface area (Å²) >= 11 is 0. The zero-order valence-corrected chi connectivity index (χ0v) is 19.3. The monoisotopic (exact) mass is 369 g/mol. The summed E-state index contributed by atoms with van der Waals surface area (Å²) in [6.07, 6.45) is 22.5. The van der Waals surface area contributed by atoms with Gasteiger partial charge in [0.15, 0.2) is 0 Å². The van der Waals surface area contributed by atoms with Crippen molar-refractivity contribution in [3.8, 4) is 0 Å². The Hall–Kier alpha value is -0.0800. The molecule has 2 N–H and O–H groups in total. The molecule has 1 unspecified atom stereocenters. The van der Waals surface area contributed by atoms with Gasteiger partial charge in [0.05, 0.1) is 19.1 Å². The third kappa shape index (κ3) is 11.6. The van der Waals surface area contributed by atoms with Gasteiger partial charge < -0.3 is 4.48 Å². The van der Waals surface area contributed by atoms with Gasteiger partial charge in [-0.15, -0.1) is 0 Å². The molecule has 0 saturated heterocycles. The zero-order chi connectivity index (χ0) is 19.7. The van der Waals surface area contributed by atoms with E-state index in [0.29, 0.717) is 5.54 Å². The van der Waals surface area contributed by atoms with Crippen LogP contribution in [0.1, 0.15) is 130 Å². The fourth-order valence-electron chi connectivity index (χ4n) is 4.18. The molecule has 0 aliphatic carbocycles. The molecular weight excluding hydrogens is 316 g/mol. The molecule has 0 radical (unpaired) electrons. The lowest BCUT2D eigenvalue weighted by Crippen LogP contribution is -2.61. The first kappa shape index (κ1) is 25.9. The maximum absolute atomic E-state index is 6.15. The minimum Gasteiger partial charge on any atom is -0.310 e. The van der Waals surface area contributed by atoms with Crippen molar-refractivity contribution < 1.29 is 4.48 Å². The molecule has 0 aliphatic heterocycles. The van der Waals surface area contributed by atoms with E-state index in [1.54, 1.807) is 0 Å². The van der Waals surface area contributed by atoms with E-state index in [4.69, 9.17) is 5.73 Å². The molecule has 1 atom stereocenters. The Balaban J connectivity index is 3.55. The summed E-state index contributed by atoms with van der Waals surface area (Å²) in [6.45, 7) is 11.4. The quantitative estimate of drug-likeness (QED) is 0.143. The van der Waals surface area contributed by atoms with Gasteiger partial charge in [-0.25, -0.2) is 0 Å². The number of hydrogen-bond acceptors (Lipinski definition) is 1. The van der Waals surface area contributed by atoms with Crippen molar-refractivity contribution in [3.05, 3.63) is 0 Å². The van der Waals surface area contributed by atoms with Crippen LogP contribution in [0.2, 0.25) is 0 Å². The molecule has 0 aromatic heterocycles. The number of nitrogens with zero attached hydrogens (tertiary/aromatic N) is 1. The molecule has 0 bridgehead atoms. The average Bonchev–Trinajstić information content (AvgIpc) is 2.61. The van der Waals surface area contributed by atoms with Gasteiger partial charge in [-0.05, 0) is 26.7 Å². The Morgan fingerprint density at radius 1 is 0.615 bits per heavy atom. The Morgan fingerprint density at radius 2 is 1.00 bits per heavy atom. The van der Waals surface area contributed by atoms with Crippen LogP contribution in [0.25, 0.3) is 0 Å². The summed E-state index contributed by atoms with van der Waals surface area (Å²) in [5, 5.41) is 0. The second-order valence-electron chi connectivity index (χ2n) is 9.46. The van der Waals surface area contributed by atoms with Crippen LogP contribution in [0.4, 0.5) is 0 Å². The topological polar surface area (TPSA) is 26.0 Å². The summed E-state index contributed by atoms with van der Waals surface area (Å²) in [6, 6.07) is 0. The van der Waals surface area contributed by atoms with E-state index in [2.05, 4.69) is 34.7 Å². The first-order valence-electron chi connectivity index (χ1n) is 12.0. The lowest BCUT2D eigenvalue weighted by atomic mass is 9.93. The van der Waals surface area contributed by atoms with E-state index < -0.39 is 0 Å². The van der Waals surface area contributed by atoms with Crippen LogP contribution in [0.5, 0.6) is 0 Å². The van der Waals surface area contributed by atoms with Crippen molar-refractivity contribution >= 4 is 0 Å². The molecular formula is C24H53N2+. The van der Waals surface area contributed by atoms with Crippen molar-refractivity contribution in [2.24, 2.45) is 5.73 Å². The Bertz CT molecular complexity index is 301. The molecule has 0 rings (SSSR count). The molecule has 2 heteroatoms. The van der Waals surface area contributed by atoms with Crippen LogP contribution in [0.3, 0.4) is 0 Å². The predicted octanol–water partition coefficient (Wildman–Crippen LogP) is 7.41. The fraction of sp³-hybridized carbons (Fsp3) is 1.00. The SMILES string of the molecule is CCCCCCCCCCCCCCCC[N+](C)(CN)C(C)(C)CCC. The molecule has 0 amide bonds. The second-order valence-corrected chi connectivity index (χ2v) is 9.46. The minimum absolute atomic E-state index is 0.306. The number of hydrogen-bond donors (Lipinski definition) is 1. The van der Waals surface area contributed by atoms with Crippen LogP contribution in [-0.4, -0.2) is 30.3 Å². The smallest absolute Gasteiger partial charge is 0.130 e. The van der Waals surface area contributed by atoms with E-state index in [1.807, 2.05) is 0 Å². The highest BCUT2D eigenvalue weighted by Gasteiger charge is 2.37. The minimum atomic E-state index is 0.306. The van der Waals surface area contributed by atoms with E-state index in [9.17, 15) is 0 Å². The van der Waals surface area contributed by atoms with Crippen molar-refractivity contribution in [1.29, 1.82) is 0 Å². The third-order valence-corrected chi connectivity index (χ3v) is 6.73. The standard InChI is InChI=1S/C24H53N2/c1-6-8-9-10-11-12-13-14-15-16-17-18-19-20-22-26(5,23-25)24(3,4)21-7-2/h6-23,25H2,1-5H3/q+1. The van der Waals surface area contributed by atoms with Gasteiger partial charge in [-0.1, -0.05) is 97.3 Å². The first-order chi connectivity index (χ1) is 12.4. The molecule has 0 heterocycles. The van der Waals surface area contributed by atoms with Gasteiger partial charge in [0.1, 0.15) is 6.67 Å². The van der Waals surface area contributed by atoms with E-state index in [0.717, 1.165) is 11.2 Å². The average molecular weight is 370 g/mol. The van der Waals surface area contributed by atoms with Crippen molar-refractivity contribution in [1.82, 2.24) is 0 Å². The Morgan fingerprint density at radius 3 is 1.35 bits per heavy atom. The molecule has 0 aromatic rings. The van der Waals surface area contributed by atoms with Crippen LogP contribution < -0.4 is 5.73 Å². The number of nitrogens with two attached hydrogens (primary N) is 1. The molecule has 0 fully saturated rings. The highest BCUT2D eigenvalue weighted by molar-refractivity contribution is 4.69. The lowest BCUT2D eigenvalue weighted by Gasteiger charge is -2.47. The molecule has 2 nitrogen and oxygen atoms in total. The van der Waals surface area contributed by atoms with E-state index in [1.165, 1.54) is 109 Å². The van der Waals surface area contributed by atoms with Crippen molar-refractivity contribution in [3.63, 3.8) is 0 Å². The summed E-state index contributed by atoms with van der Waals surface area (Å²) in [5.74, 6) is 0. The molecule has 26 heavy (non-hydrogen) atoms. The van der Waals surface area contributed by atoms with Crippen LogP contribution in [0.15, 0.2) is 0 Å². The fourth-order valence-corrected chi connectivity index (χ4v) is 4.18. The Kier molecular flexibility index (Phi) is 15.9. The van der Waals surface area contributed by atoms with Crippen LogP contribution in [-0.2, 0) is 0 Å². The molecule has 0 saturated carbocycles. The number of unbranched alkanes of at least 4 members (excludes halogenated alkanes) is 13. The molecule has 158 valence electrons. The van der Waals surface area contributed by atoms with Crippen LogP contribution >= 0.6 is 0 Å². The van der Waals surface area contributed by atoms with Gasteiger partial charge in [-0.2, -0.15) is 0 Å². The number of rotatable bonds is 19. The van der Waals surface area contributed by atoms with Crippen molar-refractivity contribution in [2.75, 3.05) is 20.3 Å². The van der Waals surface area contributed by atoms with Crippen LogP contribution in [0, 0.1) is 0 Å². The lowest BCUT2D eigenvalue weighted by molar-refractivity contribution is -0.956. The molecule has 0 spiro atoms. The van der Waals surface area contributed by atoms with Gasteiger partial charge in [0, 0.05) is 6.42 Å². The maximum Gasteiger partial charge on any atom is 0.130 e. The normalized spacial score (nSPS) is 14.5. The first-order valence-corrected chi connectivity index (χ1v) is 12.0. The summed E-state index contributed by atoms with van der Waals surface area (Å²) in [4.78, 5) is 0. The second kappa shape index (κ2) is 15.9. The van der Waals surface area contributed by atoms with E-state index in [-0.39, 0.29) is 0 Å². The summed E-state index contributed by atoms with van der Waals surface area (Å²) < 4.78 is 1.03. The van der Waals surface area contributed by atoms with Crippen molar-refractivity contribution in [2.45, 2.75) is 136 Å².